The van der Waals surface area contributed by atoms with Crippen molar-refractivity contribution in [3.63, 3.8) is 0 Å². The normalized spacial score (nSPS) is 15.8. The molecule has 10 nitrogen and oxygen atoms in total. The first-order valence-corrected chi connectivity index (χ1v) is 16.4. The van der Waals surface area contributed by atoms with Crippen molar-refractivity contribution in [3.8, 4) is 0 Å². The van der Waals surface area contributed by atoms with E-state index in [1.807, 2.05) is 0 Å². The van der Waals surface area contributed by atoms with E-state index >= 15 is 0 Å². The molecule has 1 fully saturated rings. The van der Waals surface area contributed by atoms with Gasteiger partial charge in [0.25, 0.3) is 0 Å². The molecule has 0 bridgehead atoms. The first kappa shape index (κ1) is 41.2. The summed E-state index contributed by atoms with van der Waals surface area (Å²) < 4.78 is 21.0. The van der Waals surface area contributed by atoms with Gasteiger partial charge in [-0.3, -0.25) is 4.79 Å². The van der Waals surface area contributed by atoms with Gasteiger partial charge < -0.3 is 39.7 Å². The third-order valence-corrected chi connectivity index (χ3v) is 7.01. The van der Waals surface area contributed by atoms with Crippen LogP contribution in [-0.4, -0.2) is 75.8 Å². The molecule has 1 saturated heterocycles. The molecular weight excluding hydrogens is 634 g/mol. The number of methoxy groups -OCH3 is 1. The van der Waals surface area contributed by atoms with Gasteiger partial charge in [0.15, 0.2) is 8.38 Å². The zero-order valence-corrected chi connectivity index (χ0v) is 29.6. The second-order valence-corrected chi connectivity index (χ2v) is 11.1. The number of quaternary nitrogens is 1. The smallest absolute Gasteiger partial charge is 0.366 e. The summed E-state index contributed by atoms with van der Waals surface area (Å²) >= 11 is 0. The van der Waals surface area contributed by atoms with Crippen LogP contribution in [0.2, 0.25) is 0 Å². The summed E-state index contributed by atoms with van der Waals surface area (Å²) in [6, 6.07) is -0.585. The number of carbonyl (C=O) groups is 2. The summed E-state index contributed by atoms with van der Waals surface area (Å²) in [4.78, 5) is 28.5. The zero-order valence-electron chi connectivity index (χ0n) is 25.9. The van der Waals surface area contributed by atoms with Crippen molar-refractivity contribution in [3.05, 3.63) is 54.2 Å². The first-order chi connectivity index (χ1) is 20.0. The summed E-state index contributed by atoms with van der Waals surface area (Å²) in [5.74, 6) is -0.593. The van der Waals surface area contributed by atoms with Crippen LogP contribution in [0.5, 0.6) is 0 Å². The second kappa shape index (κ2) is 28.9. The number of ether oxygens (including phenoxy) is 2. The zero-order chi connectivity index (χ0) is 30.0. The summed E-state index contributed by atoms with van der Waals surface area (Å²) in [6.07, 6.45) is 27.4. The molecule has 1 aliphatic heterocycles. The number of unbranched alkanes of at least 4 members (excludes halogenated alkanes) is 4. The van der Waals surface area contributed by atoms with Crippen molar-refractivity contribution in [2.45, 2.75) is 83.3 Å². The number of rotatable bonds is 25. The fourth-order valence-corrected chi connectivity index (χ4v) is 4.32. The molecule has 3 N–H and O–H groups in total. The number of nitrogens with zero attached hydrogens (tertiary/aromatic N) is 2. The van der Waals surface area contributed by atoms with E-state index in [4.69, 9.17) is 18.6 Å². The third kappa shape index (κ3) is 23.6. The molecule has 0 aromatic rings. The van der Waals surface area contributed by atoms with E-state index in [1.54, 1.807) is 11.7 Å². The predicted octanol–water partition coefficient (Wildman–Crippen LogP) is 5.34. The number of esters is 2. The molecule has 0 saturated carbocycles. The van der Waals surface area contributed by atoms with Crippen LogP contribution in [0, 0.1) is 0 Å². The van der Waals surface area contributed by atoms with Crippen LogP contribution >= 0.6 is 8.38 Å². The van der Waals surface area contributed by atoms with Crippen LogP contribution in [0.4, 0.5) is 0 Å². The molecule has 1 aliphatic rings. The van der Waals surface area contributed by atoms with Gasteiger partial charge in [-0.25, -0.2) is 4.79 Å². The molecule has 0 spiro atoms. The molecule has 1 radical (unpaired) electrons. The molecule has 237 valence electrons. The Labute approximate surface area is 279 Å². The van der Waals surface area contributed by atoms with Crippen molar-refractivity contribution < 1.29 is 71.4 Å². The predicted molar refractivity (Wildman–Crippen MR) is 163 cm³/mol. The fraction of sp³-hybridized carbons (Fsp3) is 0.667. The molecule has 2 unspecified atom stereocenters. The summed E-state index contributed by atoms with van der Waals surface area (Å²) in [6.45, 7) is 5.76. The van der Waals surface area contributed by atoms with E-state index in [0.717, 1.165) is 32.1 Å². The van der Waals surface area contributed by atoms with Crippen molar-refractivity contribution >= 4 is 20.3 Å². The van der Waals surface area contributed by atoms with Gasteiger partial charge in [0.05, 0.1) is 13.7 Å². The van der Waals surface area contributed by atoms with Crippen LogP contribution < -0.4 is 5.73 Å². The van der Waals surface area contributed by atoms with Gasteiger partial charge >= 0.3 is 11.9 Å². The second-order valence-electron chi connectivity index (χ2n) is 9.67. The third-order valence-electron chi connectivity index (χ3n) is 5.95. The maximum atomic E-state index is 12.0. The maximum absolute atomic E-state index is 12.0. The van der Waals surface area contributed by atoms with E-state index in [0.29, 0.717) is 26.1 Å². The topological polar surface area (TPSA) is 125 Å². The average Bonchev–Trinajstić information content (AvgIpc) is 2.95. The number of carbonyl (C=O) groups excluding carboxylic acids is 2. The molecule has 42 heavy (non-hydrogen) atoms. The Morgan fingerprint density at radius 3 is 2.12 bits per heavy atom. The largest absolute Gasteiger partial charge is 0.469 e. The Hall–Kier alpha value is -0.806. The molecule has 1 rings (SSSR count). The number of hydrogen-bond acceptors (Lipinski definition) is 8. The van der Waals surface area contributed by atoms with Crippen LogP contribution in [-0.2, 0) is 65.7 Å². The molecular formula is C30H52N3O7PY. The Bertz CT molecular complexity index is 808. The van der Waals surface area contributed by atoms with Gasteiger partial charge in [0.2, 0.25) is 6.04 Å². The van der Waals surface area contributed by atoms with Gasteiger partial charge in [-0.05, 0) is 44.9 Å². The van der Waals surface area contributed by atoms with E-state index in [1.165, 1.54) is 32.8 Å². The van der Waals surface area contributed by atoms with Gasteiger partial charge in [0, 0.05) is 65.5 Å². The van der Waals surface area contributed by atoms with E-state index < -0.39 is 20.4 Å². The minimum Gasteiger partial charge on any atom is -0.469 e. The van der Waals surface area contributed by atoms with Crippen LogP contribution in [0.15, 0.2) is 48.6 Å². The minimum atomic E-state index is -1.15. The standard InChI is InChI=1S/C30H51N3O7P.Y/c1-4-5-6-7-8-9-10-11-12-13-14-15-16-17-18-19-20-21-29(34)40-27-24-33(25-27)32-37-22-23-38-41(3)39-26-28(31)30(35)36-2;/h8-9,11-12,14-15,17-18,27-28H,4-7,10,13,16,19-26,31H2,1-3H3;/q-1;/p+1/b9-8-,12-11-,15-14-,18-17-;. The average molecular weight is 687 g/mol. The van der Waals surface area contributed by atoms with Crippen molar-refractivity contribution in [2.24, 2.45) is 0 Å². The van der Waals surface area contributed by atoms with Gasteiger partial charge in [-0.2, -0.15) is 0 Å². The quantitative estimate of drug-likeness (QED) is 0.0449. The van der Waals surface area contributed by atoms with Gasteiger partial charge in [-0.1, -0.05) is 68.4 Å². The molecule has 0 aromatic carbocycles. The van der Waals surface area contributed by atoms with E-state index in [9.17, 15) is 9.59 Å². The molecule has 12 heteroatoms. The Kier molecular flexibility index (Phi) is 28.4. The van der Waals surface area contributed by atoms with E-state index in [2.05, 4.69) is 71.6 Å². The maximum Gasteiger partial charge on any atom is 0.366 e. The van der Waals surface area contributed by atoms with E-state index in [-0.39, 0.29) is 58.0 Å². The fourth-order valence-electron chi connectivity index (χ4n) is 3.52. The van der Waals surface area contributed by atoms with Crippen LogP contribution in [0.25, 0.3) is 5.59 Å². The summed E-state index contributed by atoms with van der Waals surface area (Å²) in [5, 5.41) is 1.70. The molecule has 0 aliphatic carbocycles. The van der Waals surface area contributed by atoms with Crippen molar-refractivity contribution in [1.29, 1.82) is 0 Å². The Morgan fingerprint density at radius 2 is 1.52 bits per heavy atom. The Morgan fingerprint density at radius 1 is 0.929 bits per heavy atom. The minimum absolute atomic E-state index is 0. The van der Waals surface area contributed by atoms with Crippen molar-refractivity contribution in [1.82, 2.24) is 5.01 Å². The molecule has 1 heterocycles. The Balaban J connectivity index is 0.0000168. The molecule has 0 aromatic heterocycles. The summed E-state index contributed by atoms with van der Waals surface area (Å²) in [5.41, 5.74) is 7.65. The first-order valence-electron chi connectivity index (χ1n) is 14.7. The van der Waals surface area contributed by atoms with Gasteiger partial charge in [-0.15, -0.1) is 0 Å². The van der Waals surface area contributed by atoms with Gasteiger partial charge in [0.1, 0.15) is 12.7 Å². The SMILES string of the molecule is CCCCC/C=C\C/C=C\C/C=C\C/C=C\CCCC(=O)OC1CN([N-]OCCOP(C)OCC([NH3+])C(=O)OC)C1.[Y]. The number of allylic oxidation sites excluding steroid dienone is 8. The molecule has 0 amide bonds. The van der Waals surface area contributed by atoms with Crippen LogP contribution in [0.3, 0.4) is 0 Å². The monoisotopic (exact) mass is 686 g/mol. The van der Waals surface area contributed by atoms with Crippen molar-refractivity contribution in [2.75, 3.05) is 46.7 Å². The molecule has 2 atom stereocenters. The number of hydrogen-bond donors (Lipinski definition) is 1. The van der Waals surface area contributed by atoms with Crippen LogP contribution in [0.1, 0.15) is 71.1 Å². The summed E-state index contributed by atoms with van der Waals surface area (Å²) in [7, 11) is 0.163.